The smallest absolute Gasteiger partial charge is 0.410 e. The number of carbonyl (C=O) groups excluding carboxylic acids is 1. The fourth-order valence-corrected chi connectivity index (χ4v) is 2.51. The Balaban J connectivity index is 1.86. The van der Waals surface area contributed by atoms with Gasteiger partial charge in [0.15, 0.2) is 0 Å². The molecule has 1 saturated heterocycles. The van der Waals surface area contributed by atoms with Gasteiger partial charge < -0.3 is 14.4 Å². The summed E-state index contributed by atoms with van der Waals surface area (Å²) in [7, 11) is 0. The molecule has 116 valence electrons. The van der Waals surface area contributed by atoms with Gasteiger partial charge in [0, 0.05) is 10.1 Å². The summed E-state index contributed by atoms with van der Waals surface area (Å²) in [6.45, 7) is 6.78. The number of aromatic nitrogens is 1. The summed E-state index contributed by atoms with van der Waals surface area (Å²) in [6, 6.07) is 1.98. The van der Waals surface area contributed by atoms with Gasteiger partial charge in [-0.3, -0.25) is 0 Å². The van der Waals surface area contributed by atoms with E-state index in [1.54, 1.807) is 11.1 Å². The number of rotatable bonds is 3. The molecule has 1 aromatic heterocycles. The highest BCUT2D eigenvalue weighted by Gasteiger charge is 2.35. The molecule has 0 radical (unpaired) electrons. The van der Waals surface area contributed by atoms with Crippen molar-refractivity contribution in [2.24, 2.45) is 0 Å². The molecule has 0 N–H and O–H groups in total. The number of carbonyl (C=O) groups is 1. The number of likely N-dealkylation sites (tertiary alicyclic amines) is 1. The molecule has 2 heterocycles. The molecule has 0 spiro atoms. The van der Waals surface area contributed by atoms with E-state index in [2.05, 4.69) is 43.5 Å². The predicted molar refractivity (Wildman–Crippen MR) is 91.5 cm³/mol. The topological polar surface area (TPSA) is 51.7 Å². The van der Waals surface area contributed by atoms with Crippen molar-refractivity contribution < 1.29 is 14.3 Å². The van der Waals surface area contributed by atoms with Crippen molar-refractivity contribution in [2.45, 2.75) is 38.8 Å². The van der Waals surface area contributed by atoms with Crippen LogP contribution in [0.3, 0.4) is 0 Å². The highest BCUT2D eigenvalue weighted by molar-refractivity contribution is 14.1. The Morgan fingerprint density at radius 1 is 1.57 bits per heavy atom. The van der Waals surface area contributed by atoms with Gasteiger partial charge in [0.2, 0.25) is 0 Å². The molecule has 0 unspecified atom stereocenters. The maximum atomic E-state index is 12.0. The summed E-state index contributed by atoms with van der Waals surface area (Å²) in [4.78, 5) is 17.9. The largest absolute Gasteiger partial charge is 0.490 e. The van der Waals surface area contributed by atoms with E-state index in [0.717, 1.165) is 21.1 Å². The number of hydrogen-bond donors (Lipinski definition) is 0. The average Bonchev–Trinajstić information content (AvgIpc) is 2.30. The lowest BCUT2D eigenvalue weighted by molar-refractivity contribution is -0.0141. The Hall–Kier alpha value is -0.570. The minimum atomic E-state index is -0.468. The summed E-state index contributed by atoms with van der Waals surface area (Å²) in [5, 5.41) is 0. The van der Waals surface area contributed by atoms with E-state index in [9.17, 15) is 4.79 Å². The zero-order valence-corrected chi connectivity index (χ0v) is 16.0. The first-order valence-electron chi connectivity index (χ1n) is 6.70. The molecule has 1 atom stereocenters. The Bertz CT molecular complexity index is 533. The van der Waals surface area contributed by atoms with Gasteiger partial charge >= 0.3 is 6.09 Å². The number of hydrogen-bond acceptors (Lipinski definition) is 4. The van der Waals surface area contributed by atoms with E-state index < -0.39 is 5.60 Å². The zero-order valence-electron chi connectivity index (χ0n) is 12.2. The maximum absolute atomic E-state index is 12.0. The summed E-state index contributed by atoms with van der Waals surface area (Å²) in [5.41, 5.74) is -0.468. The number of ether oxygens (including phenoxy) is 2. The lowest BCUT2D eigenvalue weighted by Gasteiger charge is -2.40. The van der Waals surface area contributed by atoms with Crippen LogP contribution in [0, 0.1) is 3.57 Å². The van der Waals surface area contributed by atoms with E-state index in [1.807, 2.05) is 26.8 Å². The molecule has 7 heteroatoms. The van der Waals surface area contributed by atoms with E-state index in [0.29, 0.717) is 12.4 Å². The molecule has 1 aromatic rings. The second-order valence-corrected chi connectivity index (χ2v) is 7.78. The zero-order chi connectivity index (χ0) is 15.6. The molecule has 1 aliphatic rings. The fraction of sp³-hybridized carbons (Fsp3) is 0.571. The van der Waals surface area contributed by atoms with Crippen LogP contribution in [-0.4, -0.2) is 40.8 Å². The van der Waals surface area contributed by atoms with Crippen LogP contribution in [0.25, 0.3) is 0 Å². The Morgan fingerprint density at radius 3 is 2.81 bits per heavy atom. The second kappa shape index (κ2) is 6.68. The molecule has 0 aromatic carbocycles. The van der Waals surface area contributed by atoms with Gasteiger partial charge in [0.05, 0.1) is 12.2 Å². The molecule has 2 rings (SSSR count). The standard InChI is InChI=1S/C14H18BrIN2O3/c1-14(2,3)21-13(19)18-5-4-9(18)8-20-10-6-11(16)12(15)17-7-10/h6-7,9H,4-5,8H2,1-3H3/t9-/m0/s1. The van der Waals surface area contributed by atoms with Crippen LogP contribution in [0.1, 0.15) is 27.2 Å². The van der Waals surface area contributed by atoms with Gasteiger partial charge in [-0.2, -0.15) is 0 Å². The van der Waals surface area contributed by atoms with Gasteiger partial charge in [-0.25, -0.2) is 9.78 Å². The van der Waals surface area contributed by atoms with Gasteiger partial charge in [-0.1, -0.05) is 0 Å². The van der Waals surface area contributed by atoms with Gasteiger partial charge in [0.1, 0.15) is 22.6 Å². The van der Waals surface area contributed by atoms with E-state index in [-0.39, 0.29) is 12.1 Å². The Morgan fingerprint density at radius 2 is 2.29 bits per heavy atom. The van der Waals surface area contributed by atoms with E-state index in [1.165, 1.54) is 0 Å². The fourth-order valence-electron chi connectivity index (χ4n) is 1.85. The van der Waals surface area contributed by atoms with Crippen LogP contribution in [0.5, 0.6) is 5.75 Å². The summed E-state index contributed by atoms with van der Waals surface area (Å²) < 4.78 is 12.9. The SMILES string of the molecule is CC(C)(C)OC(=O)N1CC[C@H]1COc1cnc(Br)c(I)c1. The average molecular weight is 469 g/mol. The molecular weight excluding hydrogens is 451 g/mol. The minimum Gasteiger partial charge on any atom is -0.490 e. The van der Waals surface area contributed by atoms with Crippen LogP contribution in [0.15, 0.2) is 16.9 Å². The van der Waals surface area contributed by atoms with Crippen molar-refractivity contribution in [3.05, 3.63) is 20.4 Å². The van der Waals surface area contributed by atoms with Crippen LogP contribution < -0.4 is 4.74 Å². The molecular formula is C14H18BrIN2O3. The second-order valence-electron chi connectivity index (χ2n) is 5.87. The summed E-state index contributed by atoms with van der Waals surface area (Å²) in [6.07, 6.45) is 2.33. The number of amides is 1. The van der Waals surface area contributed by atoms with Gasteiger partial charge in [-0.15, -0.1) is 0 Å². The first kappa shape index (κ1) is 16.8. The van der Waals surface area contributed by atoms with Crippen molar-refractivity contribution >= 4 is 44.6 Å². The molecule has 0 aliphatic carbocycles. The molecule has 0 saturated carbocycles. The van der Waals surface area contributed by atoms with Crippen molar-refractivity contribution in [2.75, 3.05) is 13.2 Å². The third-order valence-electron chi connectivity index (χ3n) is 2.99. The highest BCUT2D eigenvalue weighted by Crippen LogP contribution is 2.24. The molecule has 1 aliphatic heterocycles. The molecule has 1 amide bonds. The van der Waals surface area contributed by atoms with Crippen molar-refractivity contribution in [1.82, 2.24) is 9.88 Å². The number of nitrogens with zero attached hydrogens (tertiary/aromatic N) is 2. The first-order chi connectivity index (χ1) is 9.76. The number of halogens is 2. The lowest BCUT2D eigenvalue weighted by Crippen LogP contribution is -2.55. The maximum Gasteiger partial charge on any atom is 0.410 e. The van der Waals surface area contributed by atoms with Crippen LogP contribution >= 0.6 is 38.5 Å². The monoisotopic (exact) mass is 468 g/mol. The van der Waals surface area contributed by atoms with Crippen LogP contribution in [0.2, 0.25) is 0 Å². The van der Waals surface area contributed by atoms with Gasteiger partial charge in [-0.05, 0) is 71.8 Å². The van der Waals surface area contributed by atoms with Crippen molar-refractivity contribution in [3.63, 3.8) is 0 Å². The Labute approximate surface area is 146 Å². The van der Waals surface area contributed by atoms with E-state index in [4.69, 9.17) is 9.47 Å². The van der Waals surface area contributed by atoms with Crippen LogP contribution in [-0.2, 0) is 4.74 Å². The van der Waals surface area contributed by atoms with Crippen molar-refractivity contribution in [3.8, 4) is 5.75 Å². The Kier molecular flexibility index (Phi) is 5.34. The number of pyridine rings is 1. The first-order valence-corrected chi connectivity index (χ1v) is 8.57. The lowest BCUT2D eigenvalue weighted by atomic mass is 10.1. The molecule has 0 bridgehead atoms. The normalized spacial score (nSPS) is 18.1. The quantitative estimate of drug-likeness (QED) is 0.499. The van der Waals surface area contributed by atoms with Crippen molar-refractivity contribution in [1.29, 1.82) is 0 Å². The summed E-state index contributed by atoms with van der Waals surface area (Å²) in [5.74, 6) is 0.707. The highest BCUT2D eigenvalue weighted by atomic mass is 127. The predicted octanol–water partition coefficient (Wildman–Crippen LogP) is 3.84. The van der Waals surface area contributed by atoms with Crippen LogP contribution in [0.4, 0.5) is 4.79 Å². The molecule has 1 fully saturated rings. The molecule has 5 nitrogen and oxygen atoms in total. The van der Waals surface area contributed by atoms with Gasteiger partial charge in [0.25, 0.3) is 0 Å². The third kappa shape index (κ3) is 4.70. The van der Waals surface area contributed by atoms with E-state index >= 15 is 0 Å². The minimum absolute atomic E-state index is 0.0705. The summed E-state index contributed by atoms with van der Waals surface area (Å²) >= 11 is 5.53. The molecule has 21 heavy (non-hydrogen) atoms. The third-order valence-corrected chi connectivity index (χ3v) is 5.18.